The van der Waals surface area contributed by atoms with Gasteiger partial charge in [-0.1, -0.05) is 35.9 Å². The minimum Gasteiger partial charge on any atom is -1.00 e. The van der Waals surface area contributed by atoms with E-state index in [0.717, 1.165) is 30.7 Å². The second kappa shape index (κ2) is 8.63. The van der Waals surface area contributed by atoms with E-state index >= 15 is 0 Å². The van der Waals surface area contributed by atoms with Crippen LogP contribution in [0.15, 0.2) is 42.5 Å². The number of quaternary nitrogens is 1. The van der Waals surface area contributed by atoms with Crippen LogP contribution in [0.3, 0.4) is 0 Å². The first-order chi connectivity index (χ1) is 12.2. The Balaban J connectivity index is 0.00000261. The molecule has 2 aromatic carbocycles. The van der Waals surface area contributed by atoms with Gasteiger partial charge in [-0.25, -0.2) is 0 Å². The summed E-state index contributed by atoms with van der Waals surface area (Å²) < 4.78 is 44.7. The summed E-state index contributed by atoms with van der Waals surface area (Å²) in [4.78, 5) is 1.35. The summed E-state index contributed by atoms with van der Waals surface area (Å²) in [5.41, 5.74) is 3.81. The molecular weight excluding hydrogens is 375 g/mol. The van der Waals surface area contributed by atoms with Crippen LogP contribution in [0.4, 0.5) is 13.2 Å². The number of nitrogens with one attached hydrogen (secondary N) is 1. The second-order valence-corrected chi connectivity index (χ2v) is 7.39. The number of benzene rings is 2. The largest absolute Gasteiger partial charge is 1.00 e. The fourth-order valence-electron chi connectivity index (χ4n) is 3.47. The smallest absolute Gasteiger partial charge is 0.416 e. The van der Waals surface area contributed by atoms with Crippen molar-refractivity contribution in [2.24, 2.45) is 0 Å². The molecule has 0 saturated heterocycles. The first-order valence-corrected chi connectivity index (χ1v) is 8.95. The van der Waals surface area contributed by atoms with E-state index in [1.54, 1.807) is 12.1 Å². The third-order valence-corrected chi connectivity index (χ3v) is 4.90. The van der Waals surface area contributed by atoms with Crippen molar-refractivity contribution in [1.29, 1.82) is 0 Å². The zero-order valence-corrected chi connectivity index (χ0v) is 16.5. The Hall–Kier alpha value is -1.56. The van der Waals surface area contributed by atoms with E-state index in [2.05, 4.69) is 39.2 Å². The van der Waals surface area contributed by atoms with Crippen molar-refractivity contribution >= 4 is 0 Å². The number of rotatable bonds is 4. The Morgan fingerprint density at radius 2 is 1.74 bits per heavy atom. The quantitative estimate of drug-likeness (QED) is 0.807. The fraction of sp³-hybridized carbons (Fsp3) is 0.429. The lowest BCUT2D eigenvalue weighted by atomic mass is 9.89. The maximum absolute atomic E-state index is 12.8. The van der Waals surface area contributed by atoms with Gasteiger partial charge in [0.1, 0.15) is 0 Å². The van der Waals surface area contributed by atoms with Gasteiger partial charge in [-0.05, 0) is 35.7 Å². The number of halogens is 4. The molecule has 148 valence electrons. The molecule has 0 fully saturated rings. The number of aryl methyl sites for hydroxylation is 1. The topological polar surface area (TPSA) is 13.7 Å². The minimum atomic E-state index is -4.31. The van der Waals surface area contributed by atoms with E-state index in [9.17, 15) is 13.2 Å². The van der Waals surface area contributed by atoms with Crippen LogP contribution in [-0.2, 0) is 17.3 Å². The predicted octanol–water partition coefficient (Wildman–Crippen LogP) is 0.908. The summed E-state index contributed by atoms with van der Waals surface area (Å²) in [7, 11) is 4.21. The summed E-state index contributed by atoms with van der Waals surface area (Å²) in [5.74, 6) is 0. The van der Waals surface area contributed by atoms with Gasteiger partial charge in [-0.15, -0.1) is 0 Å². The third kappa shape index (κ3) is 5.24. The molecule has 1 aliphatic heterocycles. The van der Waals surface area contributed by atoms with Crippen LogP contribution < -0.4 is 17.3 Å². The molecule has 1 N–H and O–H groups in total. The Morgan fingerprint density at radius 1 is 1.07 bits per heavy atom. The molecule has 1 aliphatic rings. The van der Waals surface area contributed by atoms with Gasteiger partial charge in [0.25, 0.3) is 0 Å². The van der Waals surface area contributed by atoms with E-state index in [1.807, 2.05) is 0 Å². The summed E-state index contributed by atoms with van der Waals surface area (Å²) in [5, 5.41) is 0. The number of fused-ring (bicyclic) bond motifs is 1. The molecule has 0 amide bonds. The molecular formula is C21H25ClF3NO. The molecule has 1 heterocycles. The molecule has 2 nitrogen and oxygen atoms in total. The van der Waals surface area contributed by atoms with Gasteiger partial charge >= 0.3 is 6.18 Å². The van der Waals surface area contributed by atoms with Crippen molar-refractivity contribution in [2.75, 3.05) is 20.6 Å². The van der Waals surface area contributed by atoms with Crippen molar-refractivity contribution in [2.45, 2.75) is 38.1 Å². The maximum Gasteiger partial charge on any atom is 0.416 e. The highest BCUT2D eigenvalue weighted by Gasteiger charge is 2.32. The first kappa shape index (κ1) is 21.7. The molecule has 2 aromatic rings. The highest BCUT2D eigenvalue weighted by Crippen LogP contribution is 2.40. The van der Waals surface area contributed by atoms with Gasteiger partial charge < -0.3 is 22.0 Å². The molecule has 6 heteroatoms. The van der Waals surface area contributed by atoms with Gasteiger partial charge in [0.05, 0.1) is 38.4 Å². The van der Waals surface area contributed by atoms with Crippen LogP contribution in [0.1, 0.15) is 46.4 Å². The molecule has 3 rings (SSSR count). The van der Waals surface area contributed by atoms with Gasteiger partial charge in [-0.3, -0.25) is 0 Å². The second-order valence-electron chi connectivity index (χ2n) is 7.39. The number of alkyl halides is 3. The predicted molar refractivity (Wildman–Crippen MR) is 95.2 cm³/mol. The van der Waals surface area contributed by atoms with Crippen LogP contribution in [-0.4, -0.2) is 20.6 Å². The highest BCUT2D eigenvalue weighted by atomic mass is 35.5. The van der Waals surface area contributed by atoms with E-state index in [1.165, 1.54) is 21.6 Å². The zero-order chi connectivity index (χ0) is 18.9. The van der Waals surface area contributed by atoms with Crippen LogP contribution >= 0.6 is 0 Å². The summed E-state index contributed by atoms with van der Waals surface area (Å²) in [6.07, 6.45) is -2.98. The Labute approximate surface area is 164 Å². The maximum atomic E-state index is 12.8. The SMILES string of the molecule is Cc1ccc2c(c1)CC(c1ccc(C(F)(F)F)cc1)OC2CC[NH+](C)C.[Cl-]. The van der Waals surface area contributed by atoms with Crippen LogP contribution in [0.25, 0.3) is 0 Å². The minimum absolute atomic E-state index is 0. The highest BCUT2D eigenvalue weighted by molar-refractivity contribution is 5.37. The van der Waals surface area contributed by atoms with Gasteiger partial charge in [-0.2, -0.15) is 13.2 Å². The lowest BCUT2D eigenvalue weighted by molar-refractivity contribution is -0.859. The molecule has 0 aliphatic carbocycles. The van der Waals surface area contributed by atoms with Crippen molar-refractivity contribution in [3.8, 4) is 0 Å². The van der Waals surface area contributed by atoms with Gasteiger partial charge in [0.2, 0.25) is 0 Å². The first-order valence-electron chi connectivity index (χ1n) is 8.95. The number of hydrogen-bond acceptors (Lipinski definition) is 1. The summed E-state index contributed by atoms with van der Waals surface area (Å²) >= 11 is 0. The molecule has 0 radical (unpaired) electrons. The van der Waals surface area contributed by atoms with Gasteiger partial charge in [0.15, 0.2) is 0 Å². The van der Waals surface area contributed by atoms with Crippen LogP contribution in [0.2, 0.25) is 0 Å². The van der Waals surface area contributed by atoms with Crippen LogP contribution in [0.5, 0.6) is 0 Å². The molecule has 0 saturated carbocycles. The molecule has 2 atom stereocenters. The average molecular weight is 400 g/mol. The zero-order valence-electron chi connectivity index (χ0n) is 15.7. The standard InChI is InChI=1S/C21H24F3NO.ClH/c1-14-4-9-18-16(12-14)13-20(26-19(18)10-11-25(2)3)15-5-7-17(8-6-15)21(22,23)24;/h4-9,12,19-20H,10-11,13H2,1-3H3;1H. The van der Waals surface area contributed by atoms with Crippen molar-refractivity contribution in [3.63, 3.8) is 0 Å². The number of hydrogen-bond donors (Lipinski definition) is 1. The average Bonchev–Trinajstić information content (AvgIpc) is 2.58. The normalized spacial score (nSPS) is 19.5. The molecule has 0 spiro atoms. The van der Waals surface area contributed by atoms with E-state index in [-0.39, 0.29) is 24.6 Å². The summed E-state index contributed by atoms with van der Waals surface area (Å²) in [6, 6.07) is 11.8. The fourth-order valence-corrected chi connectivity index (χ4v) is 3.47. The van der Waals surface area contributed by atoms with Gasteiger partial charge in [0, 0.05) is 12.8 Å². The lowest BCUT2D eigenvalue weighted by Crippen LogP contribution is -3.05. The Bertz CT molecular complexity index is 759. The number of ether oxygens (including phenoxy) is 1. The van der Waals surface area contributed by atoms with Crippen molar-refractivity contribution in [3.05, 3.63) is 70.3 Å². The summed E-state index contributed by atoms with van der Waals surface area (Å²) in [6.45, 7) is 3.03. The van der Waals surface area contributed by atoms with E-state index < -0.39 is 11.7 Å². The van der Waals surface area contributed by atoms with Crippen molar-refractivity contribution in [1.82, 2.24) is 0 Å². The molecule has 2 unspecified atom stereocenters. The molecule has 0 aromatic heterocycles. The Kier molecular flexibility index (Phi) is 6.95. The molecule has 27 heavy (non-hydrogen) atoms. The van der Waals surface area contributed by atoms with Crippen LogP contribution in [0, 0.1) is 6.92 Å². The molecule has 0 bridgehead atoms. The monoisotopic (exact) mass is 399 g/mol. The van der Waals surface area contributed by atoms with Crippen molar-refractivity contribution < 1.29 is 35.2 Å². The lowest BCUT2D eigenvalue weighted by Gasteiger charge is -2.33. The third-order valence-electron chi connectivity index (χ3n) is 4.90. The van der Waals surface area contributed by atoms with E-state index in [4.69, 9.17) is 4.74 Å². The Morgan fingerprint density at radius 3 is 2.33 bits per heavy atom. The van der Waals surface area contributed by atoms with E-state index in [0.29, 0.717) is 6.42 Å².